The van der Waals surface area contributed by atoms with Crippen molar-refractivity contribution in [3.05, 3.63) is 32.2 Å². The van der Waals surface area contributed by atoms with Gasteiger partial charge in [0.1, 0.15) is 0 Å². The van der Waals surface area contributed by atoms with Crippen LogP contribution in [0.4, 0.5) is 0 Å². The Morgan fingerprint density at radius 2 is 2.19 bits per heavy atom. The maximum absolute atomic E-state index is 4.50. The summed E-state index contributed by atoms with van der Waals surface area (Å²) in [7, 11) is 1.99. The SMILES string of the molecule is CNC(Cc1nc(C)cs1)c1scnc1C. The molecule has 0 fully saturated rings. The molecular weight excluding hydrogens is 238 g/mol. The standard InChI is InChI=1S/C11H15N3S2/c1-7-5-15-10(14-7)4-9(12-3)11-8(2)13-6-16-11/h5-6,9,12H,4H2,1-3H3. The smallest absolute Gasteiger partial charge is 0.0947 e. The second-order valence-electron chi connectivity index (χ2n) is 3.73. The first-order valence-electron chi connectivity index (χ1n) is 5.19. The first kappa shape index (κ1) is 11.7. The zero-order chi connectivity index (χ0) is 11.5. The second kappa shape index (κ2) is 5.03. The fourth-order valence-electron chi connectivity index (χ4n) is 1.64. The lowest BCUT2D eigenvalue weighted by Gasteiger charge is -2.13. The highest BCUT2D eigenvalue weighted by atomic mass is 32.1. The largest absolute Gasteiger partial charge is 0.312 e. The van der Waals surface area contributed by atoms with E-state index in [0.717, 1.165) is 17.8 Å². The van der Waals surface area contributed by atoms with Gasteiger partial charge in [-0.2, -0.15) is 0 Å². The Bertz CT molecular complexity index is 461. The maximum atomic E-state index is 4.50. The van der Waals surface area contributed by atoms with Crippen molar-refractivity contribution in [2.24, 2.45) is 0 Å². The molecule has 0 aliphatic carbocycles. The van der Waals surface area contributed by atoms with Gasteiger partial charge in [-0.15, -0.1) is 22.7 Å². The van der Waals surface area contributed by atoms with Crippen molar-refractivity contribution in [2.75, 3.05) is 7.05 Å². The number of aromatic nitrogens is 2. The monoisotopic (exact) mass is 253 g/mol. The molecule has 1 unspecified atom stereocenters. The molecule has 0 amide bonds. The molecule has 0 aliphatic rings. The molecule has 0 aromatic carbocycles. The van der Waals surface area contributed by atoms with Crippen molar-refractivity contribution in [1.82, 2.24) is 15.3 Å². The number of nitrogens with one attached hydrogen (secondary N) is 1. The molecule has 2 aromatic heterocycles. The summed E-state index contributed by atoms with van der Waals surface area (Å²) in [5, 5.41) is 6.62. The van der Waals surface area contributed by atoms with Crippen molar-refractivity contribution >= 4 is 22.7 Å². The van der Waals surface area contributed by atoms with Crippen LogP contribution in [0.5, 0.6) is 0 Å². The Morgan fingerprint density at radius 1 is 1.38 bits per heavy atom. The Balaban J connectivity index is 2.15. The Hall–Kier alpha value is -0.780. The number of thiazole rings is 2. The lowest BCUT2D eigenvalue weighted by molar-refractivity contribution is 0.595. The van der Waals surface area contributed by atoms with E-state index in [0.29, 0.717) is 6.04 Å². The van der Waals surface area contributed by atoms with E-state index in [1.807, 2.05) is 19.5 Å². The lowest BCUT2D eigenvalue weighted by atomic mass is 10.1. The average Bonchev–Trinajstić information content (AvgIpc) is 2.84. The molecular formula is C11H15N3S2. The number of hydrogen-bond donors (Lipinski definition) is 1. The predicted molar refractivity (Wildman–Crippen MR) is 69.2 cm³/mol. The summed E-state index contributed by atoms with van der Waals surface area (Å²) >= 11 is 3.44. The van der Waals surface area contributed by atoms with Gasteiger partial charge in [0.05, 0.1) is 16.2 Å². The number of likely N-dealkylation sites (N-methyl/N-ethyl adjacent to an activating group) is 1. The molecule has 1 atom stereocenters. The molecule has 5 heteroatoms. The summed E-state index contributed by atoms with van der Waals surface area (Å²) in [6, 6.07) is 0.332. The van der Waals surface area contributed by atoms with Gasteiger partial charge in [0.2, 0.25) is 0 Å². The molecule has 16 heavy (non-hydrogen) atoms. The van der Waals surface area contributed by atoms with Gasteiger partial charge in [-0.05, 0) is 20.9 Å². The Kier molecular flexibility index (Phi) is 3.68. The Morgan fingerprint density at radius 3 is 2.69 bits per heavy atom. The summed E-state index contributed by atoms with van der Waals surface area (Å²) < 4.78 is 0. The highest BCUT2D eigenvalue weighted by Crippen LogP contribution is 2.25. The first-order valence-corrected chi connectivity index (χ1v) is 6.95. The van der Waals surface area contributed by atoms with E-state index in [2.05, 4.69) is 27.6 Å². The van der Waals surface area contributed by atoms with Gasteiger partial charge in [0.15, 0.2) is 0 Å². The number of nitrogens with zero attached hydrogens (tertiary/aromatic N) is 2. The van der Waals surface area contributed by atoms with Crippen LogP contribution in [0.3, 0.4) is 0 Å². The van der Waals surface area contributed by atoms with Gasteiger partial charge in [0.25, 0.3) is 0 Å². The zero-order valence-corrected chi connectivity index (χ0v) is 11.3. The quantitative estimate of drug-likeness (QED) is 0.910. The average molecular weight is 253 g/mol. The molecule has 1 N–H and O–H groups in total. The van der Waals surface area contributed by atoms with Crippen LogP contribution in [-0.2, 0) is 6.42 Å². The van der Waals surface area contributed by atoms with Crippen LogP contribution in [0.15, 0.2) is 10.9 Å². The number of hydrogen-bond acceptors (Lipinski definition) is 5. The van der Waals surface area contributed by atoms with Gasteiger partial charge in [-0.1, -0.05) is 0 Å². The molecule has 2 heterocycles. The fraction of sp³-hybridized carbons (Fsp3) is 0.455. The molecule has 0 aliphatic heterocycles. The molecule has 86 valence electrons. The van der Waals surface area contributed by atoms with Crippen LogP contribution in [0.2, 0.25) is 0 Å². The summed E-state index contributed by atoms with van der Waals surface area (Å²) in [6.45, 7) is 4.09. The highest BCUT2D eigenvalue weighted by Gasteiger charge is 2.16. The number of rotatable bonds is 4. The van der Waals surface area contributed by atoms with Crippen LogP contribution in [0, 0.1) is 13.8 Å². The van der Waals surface area contributed by atoms with E-state index in [4.69, 9.17) is 0 Å². The molecule has 2 aromatic rings. The lowest BCUT2D eigenvalue weighted by Crippen LogP contribution is -2.18. The second-order valence-corrected chi connectivity index (χ2v) is 5.56. The summed E-state index contributed by atoms with van der Waals surface area (Å²) in [5.41, 5.74) is 4.13. The van der Waals surface area contributed by atoms with Crippen molar-refractivity contribution in [2.45, 2.75) is 26.3 Å². The van der Waals surface area contributed by atoms with Crippen molar-refractivity contribution in [3.8, 4) is 0 Å². The van der Waals surface area contributed by atoms with E-state index < -0.39 is 0 Å². The third-order valence-electron chi connectivity index (χ3n) is 2.49. The number of aryl methyl sites for hydroxylation is 2. The Labute approximate surface area is 104 Å². The predicted octanol–water partition coefficient (Wildman–Crippen LogP) is 2.72. The minimum absolute atomic E-state index is 0.332. The molecule has 3 nitrogen and oxygen atoms in total. The van der Waals surface area contributed by atoms with E-state index in [1.54, 1.807) is 22.7 Å². The van der Waals surface area contributed by atoms with Crippen molar-refractivity contribution in [3.63, 3.8) is 0 Å². The summed E-state index contributed by atoms with van der Waals surface area (Å²) in [4.78, 5) is 10.1. The molecule has 0 spiro atoms. The van der Waals surface area contributed by atoms with Gasteiger partial charge < -0.3 is 5.32 Å². The van der Waals surface area contributed by atoms with E-state index in [-0.39, 0.29) is 0 Å². The van der Waals surface area contributed by atoms with E-state index >= 15 is 0 Å². The molecule has 0 bridgehead atoms. The van der Waals surface area contributed by atoms with Crippen LogP contribution >= 0.6 is 22.7 Å². The molecule has 2 rings (SSSR count). The van der Waals surface area contributed by atoms with Crippen LogP contribution < -0.4 is 5.32 Å². The summed E-state index contributed by atoms with van der Waals surface area (Å²) in [5.74, 6) is 0. The van der Waals surface area contributed by atoms with E-state index in [9.17, 15) is 0 Å². The minimum Gasteiger partial charge on any atom is -0.312 e. The fourth-order valence-corrected chi connectivity index (χ4v) is 3.37. The maximum Gasteiger partial charge on any atom is 0.0947 e. The third kappa shape index (κ3) is 2.48. The van der Waals surface area contributed by atoms with Gasteiger partial charge in [-0.3, -0.25) is 0 Å². The van der Waals surface area contributed by atoms with Crippen LogP contribution in [0.25, 0.3) is 0 Å². The van der Waals surface area contributed by atoms with Gasteiger partial charge in [0, 0.05) is 28.4 Å². The van der Waals surface area contributed by atoms with Crippen LogP contribution in [-0.4, -0.2) is 17.0 Å². The van der Waals surface area contributed by atoms with Gasteiger partial charge >= 0.3 is 0 Å². The molecule has 0 saturated heterocycles. The van der Waals surface area contributed by atoms with E-state index in [1.165, 1.54) is 9.88 Å². The minimum atomic E-state index is 0.332. The van der Waals surface area contributed by atoms with Gasteiger partial charge in [-0.25, -0.2) is 9.97 Å². The van der Waals surface area contributed by atoms with Crippen molar-refractivity contribution in [1.29, 1.82) is 0 Å². The normalized spacial score (nSPS) is 12.9. The first-order chi connectivity index (χ1) is 7.70. The summed E-state index contributed by atoms with van der Waals surface area (Å²) in [6.07, 6.45) is 0.942. The molecule has 0 radical (unpaired) electrons. The third-order valence-corrected chi connectivity index (χ3v) is 4.53. The van der Waals surface area contributed by atoms with Crippen LogP contribution in [0.1, 0.15) is 27.3 Å². The molecule has 0 saturated carbocycles. The zero-order valence-electron chi connectivity index (χ0n) is 9.65. The highest BCUT2D eigenvalue weighted by molar-refractivity contribution is 7.10. The topological polar surface area (TPSA) is 37.8 Å². The van der Waals surface area contributed by atoms with Crippen molar-refractivity contribution < 1.29 is 0 Å².